The highest BCUT2D eigenvalue weighted by Crippen LogP contribution is 2.43. The number of benzene rings is 1. The molecule has 0 bridgehead atoms. The first kappa shape index (κ1) is 14.5. The number of nitrogens with zero attached hydrogens (tertiary/aromatic N) is 2. The Morgan fingerprint density at radius 1 is 1.14 bits per heavy atom. The predicted octanol–water partition coefficient (Wildman–Crippen LogP) is 5.00. The number of rotatable bonds is 2. The van der Waals surface area contributed by atoms with Gasteiger partial charge in [-0.2, -0.15) is 5.10 Å². The van der Waals surface area contributed by atoms with Crippen molar-refractivity contribution >= 4 is 44.9 Å². The van der Waals surface area contributed by atoms with Crippen LogP contribution in [0.15, 0.2) is 39.4 Å². The Kier molecular flexibility index (Phi) is 3.73. The summed E-state index contributed by atoms with van der Waals surface area (Å²) in [5, 5.41) is 5.43. The Labute approximate surface area is 139 Å². The second-order valence-electron chi connectivity index (χ2n) is 4.43. The Bertz CT molecular complexity index is 805. The van der Waals surface area contributed by atoms with Gasteiger partial charge in [-0.05, 0) is 40.2 Å². The van der Waals surface area contributed by atoms with Gasteiger partial charge < -0.3 is 10.2 Å². The topological polar surface area (TPSA) is 57.0 Å². The summed E-state index contributed by atoms with van der Waals surface area (Å²) in [6, 6.07) is 8.90. The number of furan rings is 1. The van der Waals surface area contributed by atoms with Crippen molar-refractivity contribution in [2.75, 3.05) is 5.73 Å². The molecule has 0 radical (unpaired) electrons. The summed E-state index contributed by atoms with van der Waals surface area (Å²) in [5.74, 6) is 1.05. The summed E-state index contributed by atoms with van der Waals surface area (Å²) < 4.78 is 7.76. The Morgan fingerprint density at radius 3 is 2.38 bits per heavy atom. The van der Waals surface area contributed by atoms with Crippen LogP contribution < -0.4 is 5.73 Å². The highest BCUT2D eigenvalue weighted by Gasteiger charge is 2.23. The summed E-state index contributed by atoms with van der Waals surface area (Å²) in [5.41, 5.74) is 8.05. The van der Waals surface area contributed by atoms with Crippen molar-refractivity contribution in [3.05, 3.63) is 45.0 Å². The lowest BCUT2D eigenvalue weighted by molar-refractivity contribution is 0.552. The minimum absolute atomic E-state index is 0.465. The molecule has 0 amide bonds. The predicted molar refractivity (Wildman–Crippen MR) is 88.5 cm³/mol. The zero-order valence-corrected chi connectivity index (χ0v) is 14.0. The van der Waals surface area contributed by atoms with Crippen LogP contribution in [0.4, 0.5) is 5.82 Å². The monoisotopic (exact) mass is 385 g/mol. The van der Waals surface area contributed by atoms with Gasteiger partial charge >= 0.3 is 0 Å². The van der Waals surface area contributed by atoms with Gasteiger partial charge in [0.1, 0.15) is 11.5 Å². The van der Waals surface area contributed by atoms with E-state index in [4.69, 9.17) is 33.4 Å². The maximum atomic E-state index is 6.29. The molecule has 108 valence electrons. The Hall–Kier alpha value is -1.43. The van der Waals surface area contributed by atoms with Crippen molar-refractivity contribution in [3.8, 4) is 22.6 Å². The molecule has 2 N–H and O–H groups in total. The lowest BCUT2D eigenvalue weighted by Gasteiger charge is -2.07. The molecular weight excluding hydrogens is 377 g/mol. The van der Waals surface area contributed by atoms with Gasteiger partial charge in [0, 0.05) is 12.6 Å². The minimum atomic E-state index is 0.465. The number of aryl methyl sites for hydroxylation is 1. The first-order chi connectivity index (χ1) is 9.99. The van der Waals surface area contributed by atoms with Crippen LogP contribution in [0, 0.1) is 0 Å². The molecule has 0 fully saturated rings. The van der Waals surface area contributed by atoms with Crippen LogP contribution in [0.1, 0.15) is 0 Å². The number of nitrogens with two attached hydrogens (primary N) is 1. The summed E-state index contributed by atoms with van der Waals surface area (Å²) in [7, 11) is 1.76. The quantitative estimate of drug-likeness (QED) is 0.674. The second kappa shape index (κ2) is 5.40. The number of aromatic nitrogens is 2. The maximum Gasteiger partial charge on any atom is 0.169 e. The normalized spacial score (nSPS) is 11.0. The van der Waals surface area contributed by atoms with Crippen molar-refractivity contribution in [2.24, 2.45) is 7.05 Å². The van der Waals surface area contributed by atoms with E-state index in [0.717, 1.165) is 0 Å². The smallest absolute Gasteiger partial charge is 0.169 e. The van der Waals surface area contributed by atoms with Crippen molar-refractivity contribution in [1.29, 1.82) is 0 Å². The molecule has 0 aliphatic rings. The standard InChI is InChI=1S/C14H10BrCl2N3O/c1-20-14(18)12(11-7(16)3-2-4-8(11)17)13(19-20)9-5-6-10(15)21-9/h2-6H,18H2,1H3. The number of anilines is 1. The Balaban J connectivity index is 2.32. The van der Waals surface area contributed by atoms with Gasteiger partial charge in [0.2, 0.25) is 0 Å². The van der Waals surface area contributed by atoms with Crippen LogP contribution in [-0.4, -0.2) is 9.78 Å². The molecule has 3 aromatic rings. The fraction of sp³-hybridized carbons (Fsp3) is 0.0714. The molecule has 21 heavy (non-hydrogen) atoms. The molecule has 4 nitrogen and oxygen atoms in total. The third-order valence-electron chi connectivity index (χ3n) is 3.11. The fourth-order valence-electron chi connectivity index (χ4n) is 2.13. The van der Waals surface area contributed by atoms with Crippen LogP contribution >= 0.6 is 39.1 Å². The molecule has 0 saturated carbocycles. The molecule has 3 rings (SSSR count). The van der Waals surface area contributed by atoms with E-state index >= 15 is 0 Å². The van der Waals surface area contributed by atoms with Gasteiger partial charge in [-0.1, -0.05) is 29.3 Å². The molecule has 0 aliphatic heterocycles. The zero-order chi connectivity index (χ0) is 15.1. The molecule has 0 aliphatic carbocycles. The maximum absolute atomic E-state index is 6.29. The lowest BCUT2D eigenvalue weighted by Crippen LogP contribution is -1.98. The van der Waals surface area contributed by atoms with Gasteiger partial charge in [-0.3, -0.25) is 4.68 Å². The van der Waals surface area contributed by atoms with Crippen molar-refractivity contribution < 1.29 is 4.42 Å². The van der Waals surface area contributed by atoms with Gasteiger partial charge in [0.25, 0.3) is 0 Å². The van der Waals surface area contributed by atoms with E-state index < -0.39 is 0 Å². The number of nitrogen functional groups attached to an aromatic ring is 1. The highest BCUT2D eigenvalue weighted by atomic mass is 79.9. The zero-order valence-electron chi connectivity index (χ0n) is 10.9. The summed E-state index contributed by atoms with van der Waals surface area (Å²) in [6.07, 6.45) is 0. The largest absolute Gasteiger partial charge is 0.448 e. The average molecular weight is 387 g/mol. The van der Waals surface area contributed by atoms with Crippen LogP contribution in [0.5, 0.6) is 0 Å². The number of hydrogen-bond acceptors (Lipinski definition) is 3. The summed E-state index contributed by atoms with van der Waals surface area (Å²) >= 11 is 15.9. The molecule has 0 spiro atoms. The molecule has 0 unspecified atom stereocenters. The van der Waals surface area contributed by atoms with Crippen LogP contribution in [0.25, 0.3) is 22.6 Å². The van der Waals surface area contributed by atoms with Crippen LogP contribution in [0.3, 0.4) is 0 Å². The molecule has 0 atom stereocenters. The molecule has 1 aromatic carbocycles. The van der Waals surface area contributed by atoms with Gasteiger partial charge in [0.05, 0.1) is 15.6 Å². The molecular formula is C14H10BrCl2N3O. The number of hydrogen-bond donors (Lipinski definition) is 1. The average Bonchev–Trinajstić information content (AvgIpc) is 2.97. The summed E-state index contributed by atoms with van der Waals surface area (Å²) in [4.78, 5) is 0. The minimum Gasteiger partial charge on any atom is -0.448 e. The van der Waals surface area contributed by atoms with Gasteiger partial charge in [0.15, 0.2) is 10.4 Å². The van der Waals surface area contributed by atoms with Crippen molar-refractivity contribution in [1.82, 2.24) is 9.78 Å². The molecule has 2 aromatic heterocycles. The molecule has 2 heterocycles. The van der Waals surface area contributed by atoms with Crippen molar-refractivity contribution in [2.45, 2.75) is 0 Å². The van der Waals surface area contributed by atoms with E-state index in [9.17, 15) is 0 Å². The highest BCUT2D eigenvalue weighted by molar-refractivity contribution is 9.10. The third-order valence-corrected chi connectivity index (χ3v) is 4.17. The first-order valence-electron chi connectivity index (χ1n) is 6.01. The number of halogens is 3. The SMILES string of the molecule is Cn1nc(-c2ccc(Br)o2)c(-c2c(Cl)cccc2Cl)c1N. The fourth-order valence-corrected chi connectivity index (χ4v) is 3.03. The van der Waals surface area contributed by atoms with E-state index in [1.54, 1.807) is 42.1 Å². The van der Waals surface area contributed by atoms with Gasteiger partial charge in [-0.15, -0.1) is 0 Å². The summed E-state index contributed by atoms with van der Waals surface area (Å²) in [6.45, 7) is 0. The van der Waals surface area contributed by atoms with Crippen molar-refractivity contribution in [3.63, 3.8) is 0 Å². The van der Waals surface area contributed by atoms with E-state index in [2.05, 4.69) is 21.0 Å². The third kappa shape index (κ3) is 2.46. The molecule has 7 heteroatoms. The van der Waals surface area contributed by atoms with E-state index in [1.807, 2.05) is 0 Å². The van der Waals surface area contributed by atoms with E-state index in [1.165, 1.54) is 0 Å². The lowest BCUT2D eigenvalue weighted by atomic mass is 10.0. The molecule has 0 saturated heterocycles. The van der Waals surface area contributed by atoms with Gasteiger partial charge in [-0.25, -0.2) is 0 Å². The van der Waals surface area contributed by atoms with E-state index in [0.29, 0.717) is 43.1 Å². The van der Waals surface area contributed by atoms with Crippen LogP contribution in [0.2, 0.25) is 10.0 Å². The van der Waals surface area contributed by atoms with Crippen LogP contribution in [-0.2, 0) is 7.05 Å². The first-order valence-corrected chi connectivity index (χ1v) is 7.56. The van der Waals surface area contributed by atoms with E-state index in [-0.39, 0.29) is 0 Å². The Morgan fingerprint density at radius 2 is 1.81 bits per heavy atom. The second-order valence-corrected chi connectivity index (χ2v) is 6.03.